The number of hydrogen-bond donors (Lipinski definition) is 0. The van der Waals surface area contributed by atoms with Crippen LogP contribution in [0.4, 0.5) is 13.2 Å². The third kappa shape index (κ3) is 2.93. The molecule has 0 radical (unpaired) electrons. The summed E-state index contributed by atoms with van der Waals surface area (Å²) in [6.45, 7) is 0. The molecule has 4 aromatic rings. The molecule has 2 aromatic heterocycles. The summed E-state index contributed by atoms with van der Waals surface area (Å²) in [5, 5.41) is 0.454. The van der Waals surface area contributed by atoms with Crippen molar-refractivity contribution in [2.45, 2.75) is 6.18 Å². The normalized spacial score (nSPS) is 11.8. The van der Waals surface area contributed by atoms with Crippen molar-refractivity contribution in [3.05, 3.63) is 77.7 Å². The standard InChI is InChI=1S/C19H11ClF3N3/c20-15-10-13(5-6-14(15)16-3-1-2-8-24-16)26-11-25-17-7-4-12(9-18(17)26)19(21,22)23/h1-11H. The van der Waals surface area contributed by atoms with Crippen molar-refractivity contribution >= 4 is 22.6 Å². The highest BCUT2D eigenvalue weighted by atomic mass is 35.5. The fourth-order valence-electron chi connectivity index (χ4n) is 2.77. The van der Waals surface area contributed by atoms with Crippen LogP contribution in [0.1, 0.15) is 5.56 Å². The van der Waals surface area contributed by atoms with Gasteiger partial charge in [0.2, 0.25) is 0 Å². The number of nitrogens with zero attached hydrogens (tertiary/aromatic N) is 3. The minimum Gasteiger partial charge on any atom is -0.299 e. The van der Waals surface area contributed by atoms with Crippen molar-refractivity contribution in [2.24, 2.45) is 0 Å². The van der Waals surface area contributed by atoms with Crippen LogP contribution in [0, 0.1) is 0 Å². The summed E-state index contributed by atoms with van der Waals surface area (Å²) in [5.41, 5.74) is 2.21. The summed E-state index contributed by atoms with van der Waals surface area (Å²) in [6.07, 6.45) is -1.26. The molecular weight excluding hydrogens is 363 g/mol. The second-order valence-corrected chi connectivity index (χ2v) is 6.10. The second kappa shape index (κ2) is 6.14. The maximum Gasteiger partial charge on any atom is 0.416 e. The summed E-state index contributed by atoms with van der Waals surface area (Å²) < 4.78 is 40.6. The van der Waals surface area contributed by atoms with Gasteiger partial charge in [0.25, 0.3) is 0 Å². The highest BCUT2D eigenvalue weighted by molar-refractivity contribution is 6.33. The zero-order valence-electron chi connectivity index (χ0n) is 13.2. The van der Waals surface area contributed by atoms with E-state index < -0.39 is 11.7 Å². The Labute approximate surface area is 151 Å². The molecule has 130 valence electrons. The Balaban J connectivity index is 1.82. The predicted molar refractivity (Wildman–Crippen MR) is 94.3 cm³/mol. The minimum absolute atomic E-state index is 0.362. The van der Waals surface area contributed by atoms with Crippen molar-refractivity contribution in [2.75, 3.05) is 0 Å². The van der Waals surface area contributed by atoms with Crippen LogP contribution in [0.2, 0.25) is 5.02 Å². The molecule has 0 fully saturated rings. The molecular formula is C19H11ClF3N3. The van der Waals surface area contributed by atoms with Gasteiger partial charge in [-0.15, -0.1) is 0 Å². The van der Waals surface area contributed by atoms with Crippen LogP contribution in [0.25, 0.3) is 28.0 Å². The number of halogens is 4. The molecule has 0 saturated heterocycles. The number of fused-ring (bicyclic) bond motifs is 1. The molecule has 0 saturated carbocycles. The summed E-state index contributed by atoms with van der Waals surface area (Å²) in [4.78, 5) is 8.43. The molecule has 0 aliphatic heterocycles. The minimum atomic E-state index is -4.41. The average Bonchev–Trinajstić information content (AvgIpc) is 3.05. The largest absolute Gasteiger partial charge is 0.416 e. The third-order valence-corrected chi connectivity index (χ3v) is 4.36. The molecule has 0 N–H and O–H groups in total. The summed E-state index contributed by atoms with van der Waals surface area (Å²) >= 11 is 6.38. The Morgan fingerprint density at radius 3 is 2.46 bits per heavy atom. The quantitative estimate of drug-likeness (QED) is 0.447. The zero-order valence-corrected chi connectivity index (χ0v) is 14.0. The van der Waals surface area contributed by atoms with Gasteiger partial charge in [0.15, 0.2) is 0 Å². The average molecular weight is 374 g/mol. The molecule has 4 rings (SSSR count). The van der Waals surface area contributed by atoms with Gasteiger partial charge >= 0.3 is 6.18 Å². The first-order valence-electron chi connectivity index (χ1n) is 7.69. The second-order valence-electron chi connectivity index (χ2n) is 5.69. The molecule has 26 heavy (non-hydrogen) atoms. The molecule has 0 aliphatic rings. The van der Waals surface area contributed by atoms with Gasteiger partial charge in [0.05, 0.1) is 27.3 Å². The van der Waals surface area contributed by atoms with Gasteiger partial charge in [-0.05, 0) is 48.5 Å². The number of alkyl halides is 3. The van der Waals surface area contributed by atoms with Crippen molar-refractivity contribution in [3.8, 4) is 16.9 Å². The Morgan fingerprint density at radius 1 is 0.923 bits per heavy atom. The van der Waals surface area contributed by atoms with Crippen LogP contribution < -0.4 is 0 Å². The number of imidazole rings is 1. The topological polar surface area (TPSA) is 30.7 Å². The van der Waals surface area contributed by atoms with Gasteiger partial charge in [-0.25, -0.2) is 4.98 Å². The van der Waals surface area contributed by atoms with E-state index >= 15 is 0 Å². The molecule has 7 heteroatoms. The van der Waals surface area contributed by atoms with Gasteiger partial charge in [0, 0.05) is 17.4 Å². The first-order valence-corrected chi connectivity index (χ1v) is 8.07. The molecule has 0 aliphatic carbocycles. The molecule has 2 heterocycles. The first-order chi connectivity index (χ1) is 12.4. The fraction of sp³-hybridized carbons (Fsp3) is 0.0526. The van der Waals surface area contributed by atoms with Crippen LogP contribution in [-0.4, -0.2) is 14.5 Å². The molecule has 0 unspecified atom stereocenters. The van der Waals surface area contributed by atoms with E-state index in [2.05, 4.69) is 9.97 Å². The van der Waals surface area contributed by atoms with Gasteiger partial charge in [-0.2, -0.15) is 13.2 Å². The maximum absolute atomic E-state index is 13.0. The summed E-state index contributed by atoms with van der Waals surface area (Å²) in [6, 6.07) is 14.2. The number of pyridine rings is 1. The third-order valence-electron chi connectivity index (χ3n) is 4.05. The lowest BCUT2D eigenvalue weighted by atomic mass is 10.1. The van der Waals surface area contributed by atoms with Crippen LogP contribution >= 0.6 is 11.6 Å². The Morgan fingerprint density at radius 2 is 1.77 bits per heavy atom. The van der Waals surface area contributed by atoms with Crippen LogP contribution in [0.15, 0.2) is 67.1 Å². The molecule has 0 bridgehead atoms. The van der Waals surface area contributed by atoms with E-state index in [-0.39, 0.29) is 0 Å². The van der Waals surface area contributed by atoms with Crippen molar-refractivity contribution in [3.63, 3.8) is 0 Å². The van der Waals surface area contributed by atoms with E-state index in [4.69, 9.17) is 11.6 Å². The Hall–Kier alpha value is -2.86. The highest BCUT2D eigenvalue weighted by Gasteiger charge is 2.31. The SMILES string of the molecule is FC(F)(F)c1ccc2ncn(-c3ccc(-c4ccccn4)c(Cl)c3)c2c1. The number of rotatable bonds is 2. The van der Waals surface area contributed by atoms with E-state index in [1.807, 2.05) is 18.2 Å². The maximum atomic E-state index is 13.0. The Bertz CT molecular complexity index is 1090. The number of benzene rings is 2. The van der Waals surface area contributed by atoms with Gasteiger partial charge in [-0.3, -0.25) is 9.55 Å². The molecule has 3 nitrogen and oxygen atoms in total. The van der Waals surface area contributed by atoms with E-state index in [1.165, 1.54) is 12.4 Å². The molecule has 2 aromatic carbocycles. The zero-order chi connectivity index (χ0) is 18.3. The number of aromatic nitrogens is 3. The Kier molecular flexibility index (Phi) is 3.92. The summed E-state index contributed by atoms with van der Waals surface area (Å²) in [5.74, 6) is 0. The van der Waals surface area contributed by atoms with Crippen molar-refractivity contribution in [1.82, 2.24) is 14.5 Å². The lowest BCUT2D eigenvalue weighted by Gasteiger charge is -2.10. The fourth-order valence-corrected chi connectivity index (χ4v) is 3.05. The first kappa shape index (κ1) is 16.6. The van der Waals surface area contributed by atoms with Crippen molar-refractivity contribution in [1.29, 1.82) is 0 Å². The molecule has 0 amide bonds. The number of hydrogen-bond acceptors (Lipinski definition) is 2. The van der Waals surface area contributed by atoms with Gasteiger partial charge in [-0.1, -0.05) is 17.7 Å². The van der Waals surface area contributed by atoms with E-state index in [0.29, 0.717) is 21.7 Å². The summed E-state index contributed by atoms with van der Waals surface area (Å²) in [7, 11) is 0. The monoisotopic (exact) mass is 373 g/mol. The van der Waals surface area contributed by atoms with Gasteiger partial charge < -0.3 is 0 Å². The lowest BCUT2D eigenvalue weighted by molar-refractivity contribution is -0.137. The van der Waals surface area contributed by atoms with E-state index in [9.17, 15) is 13.2 Å². The van der Waals surface area contributed by atoms with Crippen LogP contribution in [0.3, 0.4) is 0 Å². The van der Waals surface area contributed by atoms with Crippen LogP contribution in [-0.2, 0) is 6.18 Å². The van der Waals surface area contributed by atoms with Gasteiger partial charge in [0.1, 0.15) is 6.33 Å². The smallest absolute Gasteiger partial charge is 0.299 e. The predicted octanol–water partition coefficient (Wildman–Crippen LogP) is 5.76. The molecule has 0 spiro atoms. The van der Waals surface area contributed by atoms with Crippen molar-refractivity contribution < 1.29 is 13.2 Å². The van der Waals surface area contributed by atoms with E-state index in [0.717, 1.165) is 23.4 Å². The molecule has 0 atom stereocenters. The highest BCUT2D eigenvalue weighted by Crippen LogP contribution is 2.33. The lowest BCUT2D eigenvalue weighted by Crippen LogP contribution is -2.04. The van der Waals surface area contributed by atoms with E-state index in [1.54, 1.807) is 29.0 Å². The van der Waals surface area contributed by atoms with Crippen LogP contribution in [0.5, 0.6) is 0 Å².